The van der Waals surface area contributed by atoms with E-state index in [-0.39, 0.29) is 11.3 Å². The van der Waals surface area contributed by atoms with E-state index >= 15 is 0 Å². The van der Waals surface area contributed by atoms with Crippen LogP contribution in [0.4, 0.5) is 13.2 Å². The fraction of sp³-hybridized carbons (Fsp3) is 0.412. The summed E-state index contributed by atoms with van der Waals surface area (Å²) in [5, 5.41) is 7.70. The van der Waals surface area contributed by atoms with Gasteiger partial charge < -0.3 is 10.6 Å². The van der Waals surface area contributed by atoms with Crippen LogP contribution in [0.25, 0.3) is 0 Å². The molecule has 0 atom stereocenters. The van der Waals surface area contributed by atoms with E-state index in [0.717, 1.165) is 36.1 Å². The molecule has 1 aliphatic carbocycles. The van der Waals surface area contributed by atoms with Crippen LogP contribution in [0.1, 0.15) is 23.5 Å². The largest absolute Gasteiger partial charge is 0.434 e. The topological polar surface area (TPSA) is 49.3 Å². The Bertz CT molecular complexity index is 755. The van der Waals surface area contributed by atoms with Crippen LogP contribution in [0, 0.1) is 0 Å². The number of rotatable bonds is 6. The SMILES string of the molecule is CN=C(NCc1nc(C(F)(F)F)cs1)NCC1(Sc2ccccc2)CC1. The molecule has 0 radical (unpaired) electrons. The highest BCUT2D eigenvalue weighted by molar-refractivity contribution is 8.01. The summed E-state index contributed by atoms with van der Waals surface area (Å²) in [5.74, 6) is 0.564. The lowest BCUT2D eigenvalue weighted by Crippen LogP contribution is -2.40. The molecule has 1 aromatic heterocycles. The summed E-state index contributed by atoms with van der Waals surface area (Å²) in [6, 6.07) is 10.2. The van der Waals surface area contributed by atoms with Crippen molar-refractivity contribution in [1.29, 1.82) is 0 Å². The van der Waals surface area contributed by atoms with Crippen molar-refractivity contribution in [3.63, 3.8) is 0 Å². The Hall–Kier alpha value is -1.74. The third-order valence-corrected chi connectivity index (χ3v) is 6.28. The monoisotopic (exact) mass is 400 g/mol. The van der Waals surface area contributed by atoms with Crippen LogP contribution < -0.4 is 10.6 Å². The summed E-state index contributed by atoms with van der Waals surface area (Å²) in [4.78, 5) is 8.98. The fourth-order valence-electron chi connectivity index (χ4n) is 2.34. The lowest BCUT2D eigenvalue weighted by atomic mass is 10.4. The predicted molar refractivity (Wildman–Crippen MR) is 99.6 cm³/mol. The molecule has 1 fully saturated rings. The molecule has 0 spiro atoms. The molecule has 26 heavy (non-hydrogen) atoms. The second kappa shape index (κ2) is 7.87. The second-order valence-electron chi connectivity index (χ2n) is 6.00. The minimum Gasteiger partial charge on any atom is -0.355 e. The van der Waals surface area contributed by atoms with Crippen molar-refractivity contribution in [1.82, 2.24) is 15.6 Å². The number of aromatic nitrogens is 1. The highest BCUT2D eigenvalue weighted by Gasteiger charge is 2.43. The first kappa shape index (κ1) is 19.0. The molecule has 0 bridgehead atoms. The predicted octanol–water partition coefficient (Wildman–Crippen LogP) is 4.15. The number of guanidine groups is 1. The Kier molecular flexibility index (Phi) is 5.76. The number of aliphatic imine (C=N–C) groups is 1. The number of thioether (sulfide) groups is 1. The molecule has 2 aromatic rings. The summed E-state index contributed by atoms with van der Waals surface area (Å²) in [6.45, 7) is 0.956. The number of hydrogen-bond donors (Lipinski definition) is 2. The van der Waals surface area contributed by atoms with Crippen molar-refractivity contribution in [2.75, 3.05) is 13.6 Å². The molecule has 1 aromatic carbocycles. The number of nitrogens with one attached hydrogen (secondary N) is 2. The van der Waals surface area contributed by atoms with Crippen LogP contribution in [0.3, 0.4) is 0 Å². The minimum absolute atomic E-state index is 0.156. The molecule has 140 valence electrons. The molecule has 4 nitrogen and oxygen atoms in total. The van der Waals surface area contributed by atoms with Gasteiger partial charge in [-0.05, 0) is 25.0 Å². The molecule has 0 amide bonds. The van der Waals surface area contributed by atoms with Gasteiger partial charge in [-0.2, -0.15) is 13.2 Å². The van der Waals surface area contributed by atoms with E-state index < -0.39 is 11.9 Å². The zero-order valence-electron chi connectivity index (χ0n) is 14.1. The highest BCUT2D eigenvalue weighted by Crippen LogP contribution is 2.51. The zero-order valence-corrected chi connectivity index (χ0v) is 15.8. The lowest BCUT2D eigenvalue weighted by Gasteiger charge is -2.18. The van der Waals surface area contributed by atoms with Gasteiger partial charge in [0.15, 0.2) is 11.7 Å². The van der Waals surface area contributed by atoms with Gasteiger partial charge >= 0.3 is 6.18 Å². The van der Waals surface area contributed by atoms with Crippen LogP contribution in [0.2, 0.25) is 0 Å². The molecular weight excluding hydrogens is 381 g/mol. The van der Waals surface area contributed by atoms with Gasteiger partial charge in [-0.1, -0.05) is 18.2 Å². The van der Waals surface area contributed by atoms with Crippen molar-refractivity contribution in [3.8, 4) is 0 Å². The van der Waals surface area contributed by atoms with Crippen molar-refractivity contribution < 1.29 is 13.2 Å². The van der Waals surface area contributed by atoms with Gasteiger partial charge in [0.1, 0.15) is 5.01 Å². The number of alkyl halides is 3. The first-order valence-corrected chi connectivity index (χ1v) is 9.80. The van der Waals surface area contributed by atoms with E-state index in [1.54, 1.807) is 7.05 Å². The summed E-state index contributed by atoms with van der Waals surface area (Å²) < 4.78 is 37.9. The van der Waals surface area contributed by atoms with E-state index in [4.69, 9.17) is 0 Å². The summed E-state index contributed by atoms with van der Waals surface area (Å²) in [5.41, 5.74) is -0.849. The van der Waals surface area contributed by atoms with Gasteiger partial charge in [-0.3, -0.25) is 4.99 Å². The Balaban J connectivity index is 1.49. The van der Waals surface area contributed by atoms with Crippen molar-refractivity contribution in [2.24, 2.45) is 4.99 Å². The van der Waals surface area contributed by atoms with E-state index in [9.17, 15) is 13.2 Å². The Morgan fingerprint density at radius 3 is 2.58 bits per heavy atom. The van der Waals surface area contributed by atoms with Gasteiger partial charge in [0.25, 0.3) is 0 Å². The van der Waals surface area contributed by atoms with E-state index in [2.05, 4.69) is 32.7 Å². The Morgan fingerprint density at radius 2 is 2.00 bits per heavy atom. The van der Waals surface area contributed by atoms with Gasteiger partial charge in [0.2, 0.25) is 0 Å². The van der Waals surface area contributed by atoms with Gasteiger partial charge in [-0.25, -0.2) is 4.98 Å². The smallest absolute Gasteiger partial charge is 0.355 e. The Labute approximate surface area is 158 Å². The number of nitrogens with zero attached hydrogens (tertiary/aromatic N) is 2. The Morgan fingerprint density at radius 1 is 1.27 bits per heavy atom. The quantitative estimate of drug-likeness (QED) is 0.565. The van der Waals surface area contributed by atoms with E-state index in [1.807, 2.05) is 30.0 Å². The first-order valence-electron chi connectivity index (χ1n) is 8.10. The normalized spacial score (nSPS) is 16.4. The first-order chi connectivity index (χ1) is 12.4. The van der Waals surface area contributed by atoms with Crippen molar-refractivity contribution in [2.45, 2.75) is 35.2 Å². The minimum atomic E-state index is -4.40. The van der Waals surface area contributed by atoms with Gasteiger partial charge in [0, 0.05) is 28.6 Å². The molecular formula is C17H19F3N4S2. The average molecular weight is 400 g/mol. The standard InChI is InChI=1S/C17H19F3N4S2/c1-21-15(22-9-14-24-13(10-25-14)17(18,19)20)23-11-16(7-8-16)26-12-5-3-2-4-6-12/h2-6,10H,7-9,11H2,1H3,(H2,21,22,23). The van der Waals surface area contributed by atoms with Crippen molar-refractivity contribution >= 4 is 29.1 Å². The van der Waals surface area contributed by atoms with Crippen LogP contribution in [-0.2, 0) is 12.7 Å². The molecule has 3 rings (SSSR count). The fourth-order valence-corrected chi connectivity index (χ4v) is 4.32. The molecule has 2 N–H and O–H groups in total. The third-order valence-electron chi connectivity index (χ3n) is 3.94. The molecule has 9 heteroatoms. The number of hydrogen-bond acceptors (Lipinski definition) is 4. The second-order valence-corrected chi connectivity index (χ2v) is 8.49. The lowest BCUT2D eigenvalue weighted by molar-refractivity contribution is -0.140. The summed E-state index contributed by atoms with van der Waals surface area (Å²) in [6.07, 6.45) is -2.16. The number of thiazole rings is 1. The molecule has 0 unspecified atom stereocenters. The maximum Gasteiger partial charge on any atom is 0.434 e. The highest BCUT2D eigenvalue weighted by atomic mass is 32.2. The number of halogens is 3. The summed E-state index contributed by atoms with van der Waals surface area (Å²) in [7, 11) is 1.64. The van der Waals surface area contributed by atoms with Crippen LogP contribution in [0.5, 0.6) is 0 Å². The molecule has 1 aliphatic rings. The van der Waals surface area contributed by atoms with Crippen LogP contribution in [-0.4, -0.2) is 29.3 Å². The van der Waals surface area contributed by atoms with Gasteiger partial charge in [-0.15, -0.1) is 23.1 Å². The van der Waals surface area contributed by atoms with Gasteiger partial charge in [0.05, 0.1) is 6.54 Å². The van der Waals surface area contributed by atoms with E-state index in [1.165, 1.54) is 4.90 Å². The molecule has 1 saturated carbocycles. The summed E-state index contributed by atoms with van der Waals surface area (Å²) >= 11 is 2.84. The number of benzene rings is 1. The van der Waals surface area contributed by atoms with Crippen LogP contribution in [0.15, 0.2) is 45.6 Å². The molecule has 1 heterocycles. The maximum absolute atomic E-state index is 12.6. The molecule has 0 saturated heterocycles. The average Bonchev–Trinajstić information content (AvgIpc) is 3.18. The van der Waals surface area contributed by atoms with Crippen molar-refractivity contribution in [3.05, 3.63) is 46.4 Å². The molecule has 0 aliphatic heterocycles. The van der Waals surface area contributed by atoms with Crippen LogP contribution >= 0.6 is 23.1 Å². The maximum atomic E-state index is 12.6. The third kappa shape index (κ3) is 5.14. The zero-order chi connectivity index (χ0) is 18.6. The van der Waals surface area contributed by atoms with E-state index in [0.29, 0.717) is 11.0 Å².